The van der Waals surface area contributed by atoms with E-state index in [0.717, 1.165) is 11.1 Å². The normalized spacial score (nSPS) is 13.4. The van der Waals surface area contributed by atoms with Gasteiger partial charge in [0.15, 0.2) is 0 Å². The molecule has 2 aromatic carbocycles. The first kappa shape index (κ1) is 21.1. The molecule has 1 heterocycles. The second-order valence-electron chi connectivity index (χ2n) is 7.71. The van der Waals surface area contributed by atoms with Crippen molar-refractivity contribution in [2.45, 2.75) is 39.5 Å². The monoisotopic (exact) mass is 412 g/mol. The van der Waals surface area contributed by atoms with Crippen LogP contribution in [0.2, 0.25) is 0 Å². The third-order valence-corrected chi connectivity index (χ3v) is 5.29. The Kier molecular flexibility index (Phi) is 6.08. The molecule has 1 aliphatic rings. The van der Waals surface area contributed by atoms with Crippen LogP contribution >= 0.6 is 11.6 Å². The minimum atomic E-state index is -0.461. The predicted octanol–water partition coefficient (Wildman–Crippen LogP) is 4.70. The number of carbonyl (C=O) groups is 3. The van der Waals surface area contributed by atoms with Crippen molar-refractivity contribution in [2.24, 2.45) is 0 Å². The van der Waals surface area contributed by atoms with Crippen molar-refractivity contribution < 1.29 is 14.4 Å². The Morgan fingerprint density at radius 2 is 1.55 bits per heavy atom. The van der Waals surface area contributed by atoms with Crippen molar-refractivity contribution in [2.75, 3.05) is 17.3 Å². The Morgan fingerprint density at radius 3 is 2.10 bits per heavy atom. The van der Waals surface area contributed by atoms with Gasteiger partial charge in [-0.25, -0.2) is 4.90 Å². The minimum Gasteiger partial charge on any atom is -0.351 e. The lowest BCUT2D eigenvalue weighted by atomic mass is 9.92. The zero-order chi connectivity index (χ0) is 21.3. The lowest BCUT2D eigenvalue weighted by molar-refractivity contribution is 0.0911. The fourth-order valence-electron chi connectivity index (χ4n) is 3.70. The smallest absolute Gasteiger partial charge is 0.266 e. The lowest BCUT2D eigenvalue weighted by Gasteiger charge is -2.25. The third kappa shape index (κ3) is 3.67. The maximum absolute atomic E-state index is 13.5. The number of rotatable bonds is 6. The van der Waals surface area contributed by atoms with Gasteiger partial charge in [-0.3, -0.25) is 14.4 Å². The topological polar surface area (TPSA) is 66.5 Å². The zero-order valence-corrected chi connectivity index (χ0v) is 17.8. The van der Waals surface area contributed by atoms with Crippen LogP contribution in [0, 0.1) is 0 Å². The molecule has 0 bridgehead atoms. The van der Waals surface area contributed by atoms with Gasteiger partial charge in [0.2, 0.25) is 0 Å². The molecule has 3 rings (SSSR count). The van der Waals surface area contributed by atoms with E-state index in [0.29, 0.717) is 5.69 Å². The maximum atomic E-state index is 13.5. The van der Waals surface area contributed by atoms with E-state index in [1.807, 2.05) is 45.9 Å². The van der Waals surface area contributed by atoms with E-state index in [9.17, 15) is 14.4 Å². The summed E-state index contributed by atoms with van der Waals surface area (Å²) in [5, 5.41) is 2.67. The molecule has 0 spiro atoms. The van der Waals surface area contributed by atoms with Crippen LogP contribution < -0.4 is 10.2 Å². The summed E-state index contributed by atoms with van der Waals surface area (Å²) in [7, 11) is 0. The van der Waals surface area contributed by atoms with E-state index in [1.54, 1.807) is 18.2 Å². The molecule has 5 nitrogen and oxygen atoms in total. The van der Waals surface area contributed by atoms with Crippen molar-refractivity contribution in [1.29, 1.82) is 0 Å². The van der Waals surface area contributed by atoms with Crippen LogP contribution in [0.3, 0.4) is 0 Å². The van der Waals surface area contributed by atoms with Crippen LogP contribution in [0.4, 0.5) is 5.69 Å². The Bertz CT molecular complexity index is 956. The summed E-state index contributed by atoms with van der Waals surface area (Å²) >= 11 is 5.66. The summed E-state index contributed by atoms with van der Waals surface area (Å²) in [6.07, 6.45) is 0. The number of hydrogen-bond acceptors (Lipinski definition) is 3. The number of imide groups is 1. The highest BCUT2D eigenvalue weighted by Crippen LogP contribution is 2.40. The van der Waals surface area contributed by atoms with Crippen molar-refractivity contribution in [1.82, 2.24) is 5.32 Å². The van der Waals surface area contributed by atoms with Crippen LogP contribution in [0.15, 0.2) is 36.4 Å². The van der Waals surface area contributed by atoms with Gasteiger partial charge in [0.05, 0.1) is 22.4 Å². The van der Waals surface area contributed by atoms with Gasteiger partial charge in [0.1, 0.15) is 0 Å². The highest BCUT2D eigenvalue weighted by molar-refractivity contribution is 6.36. The van der Waals surface area contributed by atoms with E-state index in [1.165, 1.54) is 4.90 Å². The molecule has 0 unspecified atom stereocenters. The van der Waals surface area contributed by atoms with Gasteiger partial charge in [-0.2, -0.15) is 0 Å². The van der Waals surface area contributed by atoms with Crippen molar-refractivity contribution in [3.63, 3.8) is 0 Å². The average Bonchev–Trinajstić information content (AvgIpc) is 2.95. The van der Waals surface area contributed by atoms with Gasteiger partial charge in [-0.05, 0) is 35.1 Å². The van der Waals surface area contributed by atoms with E-state index in [4.69, 9.17) is 11.6 Å². The van der Waals surface area contributed by atoms with Crippen LogP contribution in [0.5, 0.6) is 0 Å². The summed E-state index contributed by atoms with van der Waals surface area (Å²) < 4.78 is 0. The highest BCUT2D eigenvalue weighted by atomic mass is 35.5. The summed E-state index contributed by atoms with van der Waals surface area (Å²) in [6.45, 7) is 8.42. The second kappa shape index (κ2) is 8.37. The molecule has 3 amide bonds. The minimum absolute atomic E-state index is 0.125. The van der Waals surface area contributed by atoms with Gasteiger partial charge in [0.25, 0.3) is 17.7 Å². The molecule has 6 heteroatoms. The second-order valence-corrected chi connectivity index (χ2v) is 8.09. The van der Waals surface area contributed by atoms with Crippen molar-refractivity contribution in [3.05, 3.63) is 64.2 Å². The maximum Gasteiger partial charge on any atom is 0.266 e. The lowest BCUT2D eigenvalue weighted by Crippen LogP contribution is -2.32. The van der Waals surface area contributed by atoms with Gasteiger partial charge in [0, 0.05) is 12.4 Å². The number of benzene rings is 2. The van der Waals surface area contributed by atoms with E-state index in [-0.39, 0.29) is 41.0 Å². The van der Waals surface area contributed by atoms with Crippen molar-refractivity contribution >= 4 is 35.0 Å². The van der Waals surface area contributed by atoms with Crippen LogP contribution in [0.1, 0.15) is 81.7 Å². The number of hydrogen-bond donors (Lipinski definition) is 1. The number of anilines is 1. The van der Waals surface area contributed by atoms with E-state index >= 15 is 0 Å². The number of alkyl halides is 1. The number of carbonyl (C=O) groups excluding carboxylic acids is 3. The highest BCUT2D eigenvalue weighted by Gasteiger charge is 2.41. The Morgan fingerprint density at radius 1 is 0.966 bits per heavy atom. The van der Waals surface area contributed by atoms with Crippen molar-refractivity contribution in [3.8, 4) is 0 Å². The molecular weight excluding hydrogens is 388 g/mol. The fraction of sp³-hybridized carbons (Fsp3) is 0.348. The standard InChI is InChI=1S/C23H25ClN2O3/c1-13(2)15-7-5-8-16(14(3)4)20(15)26-22(28)18-10-6-9-17(19(18)23(26)29)21(27)25-12-11-24/h5-10,13-14H,11-12H2,1-4H3,(H,25,27). The first-order valence-corrected chi connectivity index (χ1v) is 10.3. The molecular formula is C23H25ClN2O3. The Balaban J connectivity index is 2.17. The van der Waals surface area contributed by atoms with Crippen LogP contribution in [0.25, 0.3) is 0 Å². The molecule has 1 N–H and O–H groups in total. The molecule has 0 fully saturated rings. The number of amides is 3. The first-order valence-electron chi connectivity index (χ1n) is 9.78. The number of para-hydroxylation sites is 1. The number of nitrogens with one attached hydrogen (secondary N) is 1. The molecule has 0 atom stereocenters. The molecule has 0 aliphatic carbocycles. The molecule has 152 valence electrons. The number of halogens is 1. The largest absolute Gasteiger partial charge is 0.351 e. The predicted molar refractivity (Wildman–Crippen MR) is 115 cm³/mol. The molecule has 0 radical (unpaired) electrons. The van der Waals surface area contributed by atoms with Gasteiger partial charge >= 0.3 is 0 Å². The average molecular weight is 413 g/mol. The molecule has 0 saturated heterocycles. The molecule has 2 aromatic rings. The van der Waals surface area contributed by atoms with Crippen LogP contribution in [-0.4, -0.2) is 30.1 Å². The van der Waals surface area contributed by atoms with Crippen LogP contribution in [-0.2, 0) is 0 Å². The summed E-state index contributed by atoms with van der Waals surface area (Å²) in [5.74, 6) is -0.756. The molecule has 0 saturated carbocycles. The Labute approximate surface area is 176 Å². The van der Waals surface area contributed by atoms with Gasteiger partial charge < -0.3 is 5.32 Å². The fourth-order valence-corrected chi connectivity index (χ4v) is 3.80. The summed E-state index contributed by atoms with van der Waals surface area (Å²) in [5.41, 5.74) is 3.09. The summed E-state index contributed by atoms with van der Waals surface area (Å²) in [6, 6.07) is 10.6. The zero-order valence-electron chi connectivity index (χ0n) is 17.1. The third-order valence-electron chi connectivity index (χ3n) is 5.11. The Hall–Kier alpha value is -2.66. The molecule has 29 heavy (non-hydrogen) atoms. The first-order chi connectivity index (χ1) is 13.8. The van der Waals surface area contributed by atoms with Gasteiger partial charge in [-0.15, -0.1) is 11.6 Å². The molecule has 0 aromatic heterocycles. The van der Waals surface area contributed by atoms with E-state index < -0.39 is 17.7 Å². The van der Waals surface area contributed by atoms with E-state index in [2.05, 4.69) is 5.32 Å². The number of fused-ring (bicyclic) bond motifs is 1. The van der Waals surface area contributed by atoms with Gasteiger partial charge in [-0.1, -0.05) is 52.0 Å². The number of nitrogens with zero attached hydrogens (tertiary/aromatic N) is 1. The molecule has 1 aliphatic heterocycles. The quantitative estimate of drug-likeness (QED) is 0.552. The summed E-state index contributed by atoms with van der Waals surface area (Å²) in [4.78, 5) is 40.6. The SMILES string of the molecule is CC(C)c1cccc(C(C)C)c1N1C(=O)c2cccc(C(=O)NCCCl)c2C1=O.